The summed E-state index contributed by atoms with van der Waals surface area (Å²) in [6.45, 7) is 2.43. The molecule has 5 nitrogen and oxygen atoms in total. The Morgan fingerprint density at radius 1 is 1.09 bits per heavy atom. The molecule has 4 rings (SSSR count). The van der Waals surface area contributed by atoms with Crippen molar-refractivity contribution >= 4 is 45.7 Å². The van der Waals surface area contributed by atoms with Crippen molar-refractivity contribution in [3.8, 4) is 0 Å². The van der Waals surface area contributed by atoms with Crippen LogP contribution >= 0.6 is 11.6 Å². The van der Waals surface area contributed by atoms with Gasteiger partial charge in [0.15, 0.2) is 0 Å². The zero-order valence-corrected chi connectivity index (χ0v) is 19.8. The summed E-state index contributed by atoms with van der Waals surface area (Å²) in [5.74, 6) is -1.41. The summed E-state index contributed by atoms with van der Waals surface area (Å²) in [4.78, 5) is 10.9. The molecule has 0 aliphatic heterocycles. The highest BCUT2D eigenvalue weighted by Crippen LogP contribution is 2.38. The Hall–Kier alpha value is -3.74. The first-order valence-electron chi connectivity index (χ1n) is 11.2. The predicted molar refractivity (Wildman–Crippen MR) is 138 cm³/mol. The molecule has 0 saturated heterocycles. The van der Waals surface area contributed by atoms with E-state index in [1.165, 1.54) is 18.2 Å². The largest absolute Gasteiger partial charge is 0.478 e. The number of rotatable bonds is 8. The Kier molecular flexibility index (Phi) is 7.44. The molecule has 0 aliphatic carbocycles. The van der Waals surface area contributed by atoms with Crippen molar-refractivity contribution in [2.45, 2.75) is 19.9 Å². The number of carboxylic acid groups (broad SMARTS) is 1. The number of halogens is 2. The van der Waals surface area contributed by atoms with E-state index in [1.54, 1.807) is 10.7 Å². The summed E-state index contributed by atoms with van der Waals surface area (Å²) < 4.78 is 15.5. The first-order valence-corrected chi connectivity index (χ1v) is 11.6. The van der Waals surface area contributed by atoms with Crippen LogP contribution in [0.5, 0.6) is 0 Å². The van der Waals surface area contributed by atoms with E-state index in [0.29, 0.717) is 18.0 Å². The molecule has 1 heterocycles. The van der Waals surface area contributed by atoms with Gasteiger partial charge in [-0.25, -0.2) is 9.18 Å². The average Bonchev–Trinajstić information content (AvgIpc) is 3.24. The van der Waals surface area contributed by atoms with Gasteiger partial charge in [0.2, 0.25) is 0 Å². The number of carboxylic acids is 1. The fourth-order valence-corrected chi connectivity index (χ4v) is 4.41. The standard InChI is InChI=1S/C28H24ClFN2O3/c1-2-23(24-10-9-22(30)16-25(24)29)28(19-6-3-18(4-7-19)5-12-27(34)35)20-8-11-26-21(15-20)17-32(31-26)13-14-33/h3-12,15-17,33H,2,13-14H2,1H3,(H,34,35)/b12-5?,28-23-. The first kappa shape index (κ1) is 24.4. The van der Waals surface area contributed by atoms with Crippen molar-refractivity contribution in [1.82, 2.24) is 9.78 Å². The molecule has 3 aromatic carbocycles. The van der Waals surface area contributed by atoms with Gasteiger partial charge in [-0.15, -0.1) is 0 Å². The molecule has 0 atom stereocenters. The minimum atomic E-state index is -1.01. The molecule has 35 heavy (non-hydrogen) atoms. The molecule has 0 fully saturated rings. The van der Waals surface area contributed by atoms with Crippen molar-refractivity contribution in [3.05, 3.63) is 106 Å². The summed E-state index contributed by atoms with van der Waals surface area (Å²) in [5, 5.41) is 23.9. The number of benzene rings is 3. The van der Waals surface area contributed by atoms with Crippen LogP contribution in [-0.4, -0.2) is 32.6 Å². The normalized spacial score (nSPS) is 12.3. The molecule has 0 unspecified atom stereocenters. The SMILES string of the molecule is CC/C(=C(\c1ccc(C=CC(=O)O)cc1)c1ccc2nn(CCO)cc2c1)c1ccc(F)cc1Cl. The van der Waals surface area contributed by atoms with Gasteiger partial charge >= 0.3 is 5.97 Å². The smallest absolute Gasteiger partial charge is 0.328 e. The molecule has 0 aliphatic rings. The lowest BCUT2D eigenvalue weighted by molar-refractivity contribution is -0.131. The van der Waals surface area contributed by atoms with E-state index in [2.05, 4.69) is 5.10 Å². The number of aliphatic carboxylic acids is 1. The zero-order chi connectivity index (χ0) is 24.9. The van der Waals surface area contributed by atoms with E-state index in [0.717, 1.165) is 50.4 Å². The highest BCUT2D eigenvalue weighted by atomic mass is 35.5. The van der Waals surface area contributed by atoms with Gasteiger partial charge in [-0.3, -0.25) is 4.68 Å². The minimum absolute atomic E-state index is 0.00226. The predicted octanol–water partition coefficient (Wildman–Crippen LogP) is 6.29. The number of hydrogen-bond acceptors (Lipinski definition) is 3. The van der Waals surface area contributed by atoms with Crippen LogP contribution in [0.4, 0.5) is 4.39 Å². The third-order valence-corrected chi connectivity index (χ3v) is 6.01. The molecule has 0 saturated carbocycles. The number of allylic oxidation sites excluding steroid dienone is 1. The lowest BCUT2D eigenvalue weighted by atomic mass is 9.87. The van der Waals surface area contributed by atoms with Crippen LogP contribution in [0.3, 0.4) is 0 Å². The van der Waals surface area contributed by atoms with Crippen LogP contribution in [0.15, 0.2) is 72.9 Å². The van der Waals surface area contributed by atoms with E-state index in [-0.39, 0.29) is 6.61 Å². The van der Waals surface area contributed by atoms with Crippen LogP contribution in [0.25, 0.3) is 28.1 Å². The number of aliphatic hydroxyl groups excluding tert-OH is 1. The van der Waals surface area contributed by atoms with Gasteiger partial charge in [-0.05, 0) is 70.2 Å². The van der Waals surface area contributed by atoms with Crippen LogP contribution < -0.4 is 0 Å². The van der Waals surface area contributed by atoms with Crippen LogP contribution in [0.2, 0.25) is 5.02 Å². The van der Waals surface area contributed by atoms with Crippen molar-refractivity contribution < 1.29 is 19.4 Å². The monoisotopic (exact) mass is 490 g/mol. The maximum atomic E-state index is 13.8. The molecule has 1 aromatic heterocycles. The summed E-state index contributed by atoms with van der Waals surface area (Å²) in [7, 11) is 0. The van der Waals surface area contributed by atoms with Crippen molar-refractivity contribution in [2.24, 2.45) is 0 Å². The molecule has 178 valence electrons. The molecule has 2 N–H and O–H groups in total. The molecule has 4 aromatic rings. The highest BCUT2D eigenvalue weighted by molar-refractivity contribution is 6.32. The zero-order valence-electron chi connectivity index (χ0n) is 19.1. The molecule has 7 heteroatoms. The molecular weight excluding hydrogens is 467 g/mol. The van der Waals surface area contributed by atoms with Crippen LogP contribution in [0.1, 0.15) is 35.6 Å². The average molecular weight is 491 g/mol. The number of carbonyl (C=O) groups is 1. The van der Waals surface area contributed by atoms with E-state index in [9.17, 15) is 14.3 Å². The lowest BCUT2D eigenvalue weighted by Gasteiger charge is -2.17. The minimum Gasteiger partial charge on any atom is -0.478 e. The Bertz CT molecular complexity index is 1440. The molecule has 0 bridgehead atoms. The summed E-state index contributed by atoms with van der Waals surface area (Å²) in [5.41, 5.74) is 6.06. The number of aliphatic hydroxyl groups is 1. The number of hydrogen-bond donors (Lipinski definition) is 2. The summed E-state index contributed by atoms with van der Waals surface area (Å²) in [6.07, 6.45) is 5.17. The molecule has 0 radical (unpaired) electrons. The quantitative estimate of drug-likeness (QED) is 0.225. The van der Waals surface area contributed by atoms with E-state index in [1.807, 2.05) is 55.6 Å². The maximum absolute atomic E-state index is 13.8. The van der Waals surface area contributed by atoms with Crippen LogP contribution in [0, 0.1) is 5.82 Å². The second-order valence-electron chi connectivity index (χ2n) is 8.01. The summed E-state index contributed by atoms with van der Waals surface area (Å²) >= 11 is 6.48. The molecule has 0 spiro atoms. The van der Waals surface area contributed by atoms with Crippen LogP contribution in [-0.2, 0) is 11.3 Å². The van der Waals surface area contributed by atoms with Gasteiger partial charge in [-0.1, -0.05) is 54.9 Å². The van der Waals surface area contributed by atoms with Gasteiger partial charge < -0.3 is 10.2 Å². The van der Waals surface area contributed by atoms with Gasteiger partial charge in [0.05, 0.1) is 23.7 Å². The highest BCUT2D eigenvalue weighted by Gasteiger charge is 2.17. The second kappa shape index (κ2) is 10.7. The summed E-state index contributed by atoms with van der Waals surface area (Å²) in [6, 6.07) is 17.9. The maximum Gasteiger partial charge on any atom is 0.328 e. The van der Waals surface area contributed by atoms with Crippen molar-refractivity contribution in [1.29, 1.82) is 0 Å². The molecular formula is C28H24ClFN2O3. The number of nitrogens with zero attached hydrogens (tertiary/aromatic N) is 2. The van der Waals surface area contributed by atoms with Gasteiger partial charge in [0.1, 0.15) is 5.82 Å². The number of fused-ring (bicyclic) bond motifs is 1. The van der Waals surface area contributed by atoms with E-state index in [4.69, 9.17) is 16.7 Å². The van der Waals surface area contributed by atoms with Crippen molar-refractivity contribution in [2.75, 3.05) is 6.61 Å². The van der Waals surface area contributed by atoms with E-state index >= 15 is 0 Å². The fourth-order valence-electron chi connectivity index (χ4n) is 4.13. The Morgan fingerprint density at radius 3 is 2.49 bits per heavy atom. The third-order valence-electron chi connectivity index (χ3n) is 5.70. The van der Waals surface area contributed by atoms with E-state index < -0.39 is 11.8 Å². The van der Waals surface area contributed by atoms with Gasteiger partial charge in [-0.2, -0.15) is 5.10 Å². The Balaban J connectivity index is 1.92. The fraction of sp³-hybridized carbons (Fsp3) is 0.143. The van der Waals surface area contributed by atoms with Gasteiger partial charge in [0, 0.05) is 17.7 Å². The first-order chi connectivity index (χ1) is 16.9. The molecule has 0 amide bonds. The Labute approximate surface area is 207 Å². The lowest BCUT2D eigenvalue weighted by Crippen LogP contribution is -2.01. The van der Waals surface area contributed by atoms with Gasteiger partial charge in [0.25, 0.3) is 0 Å². The third kappa shape index (κ3) is 5.50. The second-order valence-corrected chi connectivity index (χ2v) is 8.42. The topological polar surface area (TPSA) is 75.3 Å². The van der Waals surface area contributed by atoms with Crippen molar-refractivity contribution in [3.63, 3.8) is 0 Å². The Morgan fingerprint density at radius 2 is 1.83 bits per heavy atom. The number of aromatic nitrogens is 2.